The number of benzene rings is 1. The van der Waals surface area contributed by atoms with Crippen molar-refractivity contribution in [1.82, 2.24) is 9.80 Å². The number of piperazine rings is 1. The minimum absolute atomic E-state index is 0.130. The fourth-order valence-electron chi connectivity index (χ4n) is 3.27. The van der Waals surface area contributed by atoms with Crippen LogP contribution in [0.25, 0.3) is 0 Å². The maximum absolute atomic E-state index is 12.5. The van der Waals surface area contributed by atoms with Crippen LogP contribution in [-0.4, -0.2) is 72.7 Å². The largest absolute Gasteiger partial charge is 0.395 e. The molecule has 0 atom stereocenters. The molecular weight excluding hydrogens is 290 g/mol. The average molecular weight is 317 g/mol. The Morgan fingerprint density at radius 3 is 2.61 bits per heavy atom. The predicted molar refractivity (Wildman–Crippen MR) is 91.7 cm³/mol. The van der Waals surface area contributed by atoms with Gasteiger partial charge in [-0.3, -0.25) is 9.69 Å². The van der Waals surface area contributed by atoms with E-state index in [1.54, 1.807) is 0 Å². The topological polar surface area (TPSA) is 47.0 Å². The van der Waals surface area contributed by atoms with Gasteiger partial charge in [-0.1, -0.05) is 12.1 Å². The molecule has 1 aliphatic heterocycles. The summed E-state index contributed by atoms with van der Waals surface area (Å²) in [6.45, 7) is 6.64. The van der Waals surface area contributed by atoms with Gasteiger partial charge in [-0.05, 0) is 37.5 Å². The molecular formula is C18H27N3O2. The minimum Gasteiger partial charge on any atom is -0.395 e. The molecule has 0 radical (unpaired) electrons. The molecule has 2 aliphatic rings. The van der Waals surface area contributed by atoms with E-state index in [0.717, 1.165) is 39.0 Å². The molecule has 0 unspecified atom stereocenters. The molecule has 1 aromatic rings. The molecule has 0 spiro atoms. The molecule has 1 aliphatic carbocycles. The first kappa shape index (κ1) is 16.3. The van der Waals surface area contributed by atoms with Crippen molar-refractivity contribution in [3.8, 4) is 0 Å². The van der Waals surface area contributed by atoms with Crippen LogP contribution >= 0.6 is 0 Å². The van der Waals surface area contributed by atoms with Crippen molar-refractivity contribution in [3.05, 3.63) is 29.8 Å². The third-order valence-corrected chi connectivity index (χ3v) is 4.79. The lowest BCUT2D eigenvalue weighted by Crippen LogP contribution is -2.51. The highest BCUT2D eigenvalue weighted by Crippen LogP contribution is 2.26. The van der Waals surface area contributed by atoms with Crippen molar-refractivity contribution in [2.24, 2.45) is 0 Å². The number of amides is 1. The zero-order chi connectivity index (χ0) is 16.2. The first-order valence-electron chi connectivity index (χ1n) is 8.61. The molecule has 1 amide bonds. The van der Waals surface area contributed by atoms with Crippen LogP contribution in [0.15, 0.2) is 24.3 Å². The van der Waals surface area contributed by atoms with Gasteiger partial charge in [0, 0.05) is 44.5 Å². The number of aryl methyl sites for hydroxylation is 1. The molecule has 0 bridgehead atoms. The van der Waals surface area contributed by atoms with Crippen molar-refractivity contribution >= 4 is 11.6 Å². The third-order valence-electron chi connectivity index (χ3n) is 4.79. The number of carbonyl (C=O) groups excluding carboxylic acids is 1. The van der Waals surface area contributed by atoms with Crippen LogP contribution in [0.3, 0.4) is 0 Å². The number of carbonyl (C=O) groups is 1. The SMILES string of the molecule is Cc1cccc(N2CCN(C(=O)CN(CCO)C3CC3)CC2)c1. The second kappa shape index (κ2) is 7.32. The second-order valence-electron chi connectivity index (χ2n) is 6.63. The number of aliphatic hydroxyl groups excluding tert-OH is 1. The van der Waals surface area contributed by atoms with E-state index in [9.17, 15) is 4.79 Å². The van der Waals surface area contributed by atoms with Crippen LogP contribution in [0.2, 0.25) is 0 Å². The molecule has 1 saturated carbocycles. The molecule has 5 heteroatoms. The Bertz CT molecular complexity index is 537. The molecule has 1 heterocycles. The van der Waals surface area contributed by atoms with E-state index in [1.165, 1.54) is 11.3 Å². The first-order chi connectivity index (χ1) is 11.2. The summed E-state index contributed by atoms with van der Waals surface area (Å²) in [6, 6.07) is 9.05. The van der Waals surface area contributed by atoms with E-state index in [1.807, 2.05) is 4.90 Å². The van der Waals surface area contributed by atoms with Crippen LogP contribution < -0.4 is 4.90 Å². The Hall–Kier alpha value is -1.59. The van der Waals surface area contributed by atoms with E-state index in [2.05, 4.69) is 41.0 Å². The first-order valence-corrected chi connectivity index (χ1v) is 8.61. The van der Waals surface area contributed by atoms with Crippen LogP contribution in [-0.2, 0) is 4.79 Å². The lowest BCUT2D eigenvalue weighted by molar-refractivity contribution is -0.133. The van der Waals surface area contributed by atoms with Crippen LogP contribution in [0.1, 0.15) is 18.4 Å². The summed E-state index contributed by atoms with van der Waals surface area (Å²) < 4.78 is 0. The lowest BCUT2D eigenvalue weighted by atomic mass is 10.2. The van der Waals surface area contributed by atoms with E-state index in [4.69, 9.17) is 5.11 Å². The van der Waals surface area contributed by atoms with Crippen molar-refractivity contribution < 1.29 is 9.90 Å². The Kier molecular flexibility index (Phi) is 5.18. The van der Waals surface area contributed by atoms with Gasteiger partial charge >= 0.3 is 0 Å². The Morgan fingerprint density at radius 2 is 2.00 bits per heavy atom. The van der Waals surface area contributed by atoms with Crippen LogP contribution in [0, 0.1) is 6.92 Å². The molecule has 0 aromatic heterocycles. The number of hydrogen-bond donors (Lipinski definition) is 1. The third kappa shape index (κ3) is 4.24. The van der Waals surface area contributed by atoms with Crippen LogP contribution in [0.5, 0.6) is 0 Å². The summed E-state index contributed by atoms with van der Waals surface area (Å²) in [4.78, 5) is 19.0. The summed E-state index contributed by atoms with van der Waals surface area (Å²) in [5, 5.41) is 9.15. The highest BCUT2D eigenvalue weighted by molar-refractivity contribution is 5.78. The summed E-state index contributed by atoms with van der Waals surface area (Å²) in [5.41, 5.74) is 2.52. The maximum atomic E-state index is 12.5. The monoisotopic (exact) mass is 317 g/mol. The summed E-state index contributed by atoms with van der Waals surface area (Å²) in [6.07, 6.45) is 2.32. The van der Waals surface area contributed by atoms with Gasteiger partial charge in [0.25, 0.3) is 0 Å². The summed E-state index contributed by atoms with van der Waals surface area (Å²) in [7, 11) is 0. The van der Waals surface area contributed by atoms with E-state index >= 15 is 0 Å². The second-order valence-corrected chi connectivity index (χ2v) is 6.63. The van der Waals surface area contributed by atoms with Crippen molar-refractivity contribution in [2.45, 2.75) is 25.8 Å². The number of hydrogen-bond acceptors (Lipinski definition) is 4. The van der Waals surface area contributed by atoms with E-state index in [-0.39, 0.29) is 12.5 Å². The zero-order valence-electron chi connectivity index (χ0n) is 13.9. The molecule has 1 aromatic carbocycles. The van der Waals surface area contributed by atoms with Gasteiger partial charge in [-0.25, -0.2) is 0 Å². The van der Waals surface area contributed by atoms with Gasteiger partial charge in [0.1, 0.15) is 0 Å². The van der Waals surface area contributed by atoms with Gasteiger partial charge in [-0.15, -0.1) is 0 Å². The number of nitrogens with zero attached hydrogens (tertiary/aromatic N) is 3. The van der Waals surface area contributed by atoms with E-state index < -0.39 is 0 Å². The van der Waals surface area contributed by atoms with Crippen molar-refractivity contribution in [2.75, 3.05) is 50.8 Å². The predicted octanol–water partition coefficient (Wildman–Crippen LogP) is 1.10. The Balaban J connectivity index is 1.51. The van der Waals surface area contributed by atoms with Gasteiger partial charge in [0.2, 0.25) is 5.91 Å². The van der Waals surface area contributed by atoms with Crippen molar-refractivity contribution in [3.63, 3.8) is 0 Å². The average Bonchev–Trinajstić information content (AvgIpc) is 3.39. The molecule has 23 heavy (non-hydrogen) atoms. The highest BCUT2D eigenvalue weighted by atomic mass is 16.3. The molecule has 1 saturated heterocycles. The molecule has 2 fully saturated rings. The molecule has 5 nitrogen and oxygen atoms in total. The fourth-order valence-corrected chi connectivity index (χ4v) is 3.27. The smallest absolute Gasteiger partial charge is 0.236 e. The molecule has 3 rings (SSSR count). The quantitative estimate of drug-likeness (QED) is 0.853. The Labute approximate surface area is 138 Å². The Morgan fingerprint density at radius 1 is 1.26 bits per heavy atom. The van der Waals surface area contributed by atoms with E-state index in [0.29, 0.717) is 19.1 Å². The number of aliphatic hydroxyl groups is 1. The van der Waals surface area contributed by atoms with Gasteiger partial charge < -0.3 is 14.9 Å². The van der Waals surface area contributed by atoms with Crippen molar-refractivity contribution in [1.29, 1.82) is 0 Å². The molecule has 126 valence electrons. The zero-order valence-corrected chi connectivity index (χ0v) is 13.9. The number of anilines is 1. The lowest BCUT2D eigenvalue weighted by Gasteiger charge is -2.37. The highest BCUT2D eigenvalue weighted by Gasteiger charge is 2.31. The van der Waals surface area contributed by atoms with Gasteiger partial charge in [-0.2, -0.15) is 0 Å². The normalized spacial score (nSPS) is 18.6. The standard InChI is InChI=1S/C18H27N3O2/c1-15-3-2-4-17(13-15)19-7-9-20(10-8-19)18(23)14-21(11-12-22)16-5-6-16/h2-4,13,16,22H,5-12,14H2,1H3. The fraction of sp³-hybridized carbons (Fsp3) is 0.611. The van der Waals surface area contributed by atoms with Gasteiger partial charge in [0.05, 0.1) is 13.2 Å². The molecule has 1 N–H and O–H groups in total. The van der Waals surface area contributed by atoms with Gasteiger partial charge in [0.15, 0.2) is 0 Å². The van der Waals surface area contributed by atoms with Crippen LogP contribution in [0.4, 0.5) is 5.69 Å². The number of rotatable bonds is 6. The minimum atomic E-state index is 0.130. The summed E-state index contributed by atoms with van der Waals surface area (Å²) >= 11 is 0. The summed E-state index contributed by atoms with van der Waals surface area (Å²) in [5.74, 6) is 0.203. The maximum Gasteiger partial charge on any atom is 0.236 e.